The summed E-state index contributed by atoms with van der Waals surface area (Å²) in [7, 11) is 0. The van der Waals surface area contributed by atoms with Crippen LogP contribution in [0.3, 0.4) is 0 Å². The van der Waals surface area contributed by atoms with Gasteiger partial charge in [-0.1, -0.05) is 0 Å². The Balaban J connectivity index is 3.09. The number of hydrogen-bond donors (Lipinski definition) is 2. The van der Waals surface area contributed by atoms with E-state index in [1.807, 2.05) is 0 Å². The maximum Gasteiger partial charge on any atom is 0.573 e. The minimum absolute atomic E-state index is 0.130. The zero-order valence-corrected chi connectivity index (χ0v) is 8.32. The van der Waals surface area contributed by atoms with E-state index in [9.17, 15) is 13.2 Å². The van der Waals surface area contributed by atoms with Crippen LogP contribution in [0, 0.1) is 0 Å². The third kappa shape index (κ3) is 2.69. The van der Waals surface area contributed by atoms with Crippen LogP contribution in [0.4, 0.5) is 24.5 Å². The first-order valence-corrected chi connectivity index (χ1v) is 4.19. The van der Waals surface area contributed by atoms with Gasteiger partial charge < -0.3 is 16.2 Å². The van der Waals surface area contributed by atoms with Gasteiger partial charge in [0.1, 0.15) is 0 Å². The summed E-state index contributed by atoms with van der Waals surface area (Å²) in [4.78, 5) is 0. The predicted molar refractivity (Wildman–Crippen MR) is 49.6 cm³/mol. The van der Waals surface area contributed by atoms with E-state index in [1.165, 1.54) is 6.07 Å². The topological polar surface area (TPSA) is 61.3 Å². The molecule has 0 aliphatic heterocycles. The Bertz CT molecular complexity index is 354. The molecule has 78 valence electrons. The second-order valence-electron chi connectivity index (χ2n) is 2.46. The summed E-state index contributed by atoms with van der Waals surface area (Å²) in [6.45, 7) is 0. The summed E-state index contributed by atoms with van der Waals surface area (Å²) >= 11 is 2.95. The lowest BCUT2D eigenvalue weighted by Gasteiger charge is -2.12. The summed E-state index contributed by atoms with van der Waals surface area (Å²) in [6, 6.07) is 2.39. The SMILES string of the molecule is Nc1cc(Br)c(N)c(OC(F)(F)F)c1. The maximum absolute atomic E-state index is 11.9. The molecule has 4 N–H and O–H groups in total. The van der Waals surface area contributed by atoms with Crippen LogP contribution < -0.4 is 16.2 Å². The average molecular weight is 271 g/mol. The number of nitrogen functional groups attached to an aromatic ring is 2. The first kappa shape index (κ1) is 11.0. The highest BCUT2D eigenvalue weighted by molar-refractivity contribution is 9.10. The van der Waals surface area contributed by atoms with Gasteiger partial charge in [-0.25, -0.2) is 0 Å². The fourth-order valence-corrected chi connectivity index (χ4v) is 1.28. The molecule has 0 bridgehead atoms. The number of halogens is 4. The molecule has 0 saturated heterocycles. The average Bonchev–Trinajstić information content (AvgIpc) is 1.96. The molecule has 0 atom stereocenters. The van der Waals surface area contributed by atoms with E-state index in [0.29, 0.717) is 0 Å². The molecule has 0 amide bonds. The van der Waals surface area contributed by atoms with E-state index < -0.39 is 12.1 Å². The number of hydrogen-bond acceptors (Lipinski definition) is 3. The van der Waals surface area contributed by atoms with Crippen molar-refractivity contribution in [2.24, 2.45) is 0 Å². The zero-order valence-electron chi connectivity index (χ0n) is 6.73. The van der Waals surface area contributed by atoms with Gasteiger partial charge in [0.15, 0.2) is 5.75 Å². The molecule has 0 aliphatic carbocycles. The van der Waals surface area contributed by atoms with E-state index >= 15 is 0 Å². The third-order valence-electron chi connectivity index (χ3n) is 1.34. The van der Waals surface area contributed by atoms with Gasteiger partial charge in [-0.05, 0) is 22.0 Å². The molecular formula is C7H6BrF3N2O. The summed E-state index contributed by atoms with van der Waals surface area (Å²) in [5, 5.41) is 0. The second-order valence-corrected chi connectivity index (χ2v) is 3.32. The highest BCUT2D eigenvalue weighted by atomic mass is 79.9. The molecule has 0 fully saturated rings. The molecular weight excluding hydrogens is 265 g/mol. The number of alkyl halides is 3. The molecule has 0 heterocycles. The van der Waals surface area contributed by atoms with E-state index in [0.717, 1.165) is 6.07 Å². The lowest BCUT2D eigenvalue weighted by molar-refractivity contribution is -0.274. The molecule has 0 radical (unpaired) electrons. The van der Waals surface area contributed by atoms with Gasteiger partial charge in [0.05, 0.1) is 5.69 Å². The highest BCUT2D eigenvalue weighted by Gasteiger charge is 2.32. The van der Waals surface area contributed by atoms with Crippen LogP contribution in [-0.2, 0) is 0 Å². The van der Waals surface area contributed by atoms with Gasteiger partial charge in [-0.2, -0.15) is 0 Å². The fraction of sp³-hybridized carbons (Fsp3) is 0.143. The molecule has 0 spiro atoms. The van der Waals surface area contributed by atoms with Crippen molar-refractivity contribution in [3.63, 3.8) is 0 Å². The summed E-state index contributed by atoms with van der Waals surface area (Å²) < 4.78 is 39.5. The van der Waals surface area contributed by atoms with E-state index in [2.05, 4.69) is 20.7 Å². The zero-order chi connectivity index (χ0) is 10.9. The van der Waals surface area contributed by atoms with Crippen molar-refractivity contribution in [3.8, 4) is 5.75 Å². The molecule has 0 aromatic heterocycles. The van der Waals surface area contributed by atoms with Crippen LogP contribution in [0.15, 0.2) is 16.6 Å². The van der Waals surface area contributed by atoms with Crippen molar-refractivity contribution in [2.45, 2.75) is 6.36 Å². The van der Waals surface area contributed by atoms with Gasteiger partial charge in [-0.3, -0.25) is 0 Å². The minimum atomic E-state index is -4.78. The van der Waals surface area contributed by atoms with Crippen molar-refractivity contribution in [2.75, 3.05) is 11.5 Å². The lowest BCUT2D eigenvalue weighted by Crippen LogP contribution is -2.18. The van der Waals surface area contributed by atoms with Crippen LogP contribution in [0.2, 0.25) is 0 Å². The van der Waals surface area contributed by atoms with Gasteiger partial charge in [0, 0.05) is 16.2 Å². The number of benzene rings is 1. The van der Waals surface area contributed by atoms with Crippen molar-refractivity contribution < 1.29 is 17.9 Å². The molecule has 1 aromatic rings. The molecule has 0 unspecified atom stereocenters. The number of anilines is 2. The normalized spacial score (nSPS) is 11.4. The fourth-order valence-electron chi connectivity index (χ4n) is 0.822. The van der Waals surface area contributed by atoms with E-state index in [1.54, 1.807) is 0 Å². The number of rotatable bonds is 1. The first-order chi connectivity index (χ1) is 6.29. The van der Waals surface area contributed by atoms with Crippen LogP contribution in [-0.4, -0.2) is 6.36 Å². The highest BCUT2D eigenvalue weighted by Crippen LogP contribution is 2.35. The van der Waals surface area contributed by atoms with E-state index in [-0.39, 0.29) is 15.8 Å². The van der Waals surface area contributed by atoms with E-state index in [4.69, 9.17) is 11.5 Å². The van der Waals surface area contributed by atoms with Crippen LogP contribution in [0.25, 0.3) is 0 Å². The van der Waals surface area contributed by atoms with Crippen molar-refractivity contribution in [1.82, 2.24) is 0 Å². The van der Waals surface area contributed by atoms with Gasteiger partial charge in [0.25, 0.3) is 0 Å². The Hall–Kier alpha value is -1.11. The third-order valence-corrected chi connectivity index (χ3v) is 2.00. The van der Waals surface area contributed by atoms with Gasteiger partial charge in [0.2, 0.25) is 0 Å². The Labute approximate surface area is 86.0 Å². The van der Waals surface area contributed by atoms with Crippen molar-refractivity contribution >= 4 is 27.3 Å². The van der Waals surface area contributed by atoms with Crippen molar-refractivity contribution in [3.05, 3.63) is 16.6 Å². The Kier molecular flexibility index (Phi) is 2.79. The molecule has 0 saturated carbocycles. The monoisotopic (exact) mass is 270 g/mol. The standard InChI is InChI=1S/C7H6BrF3N2O/c8-4-1-3(12)2-5(6(4)13)14-7(9,10)11/h1-2H,12-13H2. The van der Waals surface area contributed by atoms with Gasteiger partial charge in [-0.15, -0.1) is 13.2 Å². The van der Waals surface area contributed by atoms with Crippen LogP contribution in [0.5, 0.6) is 5.75 Å². The Morgan fingerprint density at radius 3 is 2.29 bits per heavy atom. The minimum Gasteiger partial charge on any atom is -0.403 e. The quantitative estimate of drug-likeness (QED) is 0.771. The molecule has 7 heteroatoms. The van der Waals surface area contributed by atoms with Gasteiger partial charge >= 0.3 is 6.36 Å². The van der Waals surface area contributed by atoms with Crippen LogP contribution in [0.1, 0.15) is 0 Å². The number of nitrogens with two attached hydrogens (primary N) is 2. The van der Waals surface area contributed by atoms with Crippen molar-refractivity contribution in [1.29, 1.82) is 0 Å². The Morgan fingerprint density at radius 2 is 1.79 bits per heavy atom. The first-order valence-electron chi connectivity index (χ1n) is 3.40. The summed E-state index contributed by atoms with van der Waals surface area (Å²) in [5.41, 5.74) is 10.6. The molecule has 14 heavy (non-hydrogen) atoms. The summed E-state index contributed by atoms with van der Waals surface area (Å²) in [6.07, 6.45) is -4.78. The smallest absolute Gasteiger partial charge is 0.403 e. The second kappa shape index (κ2) is 3.56. The number of ether oxygens (including phenoxy) is 1. The molecule has 3 nitrogen and oxygen atoms in total. The lowest BCUT2D eigenvalue weighted by atomic mass is 10.2. The predicted octanol–water partition coefficient (Wildman–Crippen LogP) is 2.51. The molecule has 1 aromatic carbocycles. The maximum atomic E-state index is 11.9. The van der Waals surface area contributed by atoms with Crippen LogP contribution >= 0.6 is 15.9 Å². The molecule has 0 aliphatic rings. The largest absolute Gasteiger partial charge is 0.573 e. The Morgan fingerprint density at radius 1 is 1.21 bits per heavy atom. The summed E-state index contributed by atoms with van der Waals surface area (Å²) in [5.74, 6) is -0.510. The molecule has 1 rings (SSSR count).